The van der Waals surface area contributed by atoms with Crippen molar-refractivity contribution in [1.29, 1.82) is 0 Å². The molecule has 0 atom stereocenters. The number of aromatic nitrogens is 1. The van der Waals surface area contributed by atoms with Crippen molar-refractivity contribution in [2.24, 2.45) is 0 Å². The van der Waals surface area contributed by atoms with Gasteiger partial charge in [-0.25, -0.2) is 4.98 Å². The van der Waals surface area contributed by atoms with Crippen molar-refractivity contribution >= 4 is 34.1 Å². The highest BCUT2D eigenvalue weighted by Crippen LogP contribution is 2.30. The van der Waals surface area contributed by atoms with Gasteiger partial charge < -0.3 is 4.74 Å². The summed E-state index contributed by atoms with van der Waals surface area (Å²) in [6.07, 6.45) is 2.00. The molecule has 106 valence electrons. The first-order valence-electron chi connectivity index (χ1n) is 6.04. The van der Waals surface area contributed by atoms with Crippen molar-refractivity contribution in [1.82, 2.24) is 4.98 Å². The van der Waals surface area contributed by atoms with Crippen LogP contribution in [-0.2, 0) is 11.3 Å². The molecular formula is C14H16N2O2S2. The first-order valence-corrected chi connectivity index (χ1v) is 8.09. The van der Waals surface area contributed by atoms with E-state index in [9.17, 15) is 4.79 Å². The lowest BCUT2D eigenvalue weighted by atomic mass is 10.1. The topological polar surface area (TPSA) is 51.2 Å². The van der Waals surface area contributed by atoms with E-state index in [0.29, 0.717) is 17.3 Å². The van der Waals surface area contributed by atoms with Crippen molar-refractivity contribution < 1.29 is 9.53 Å². The maximum absolute atomic E-state index is 12.1. The fraction of sp³-hybridized carbons (Fsp3) is 0.286. The molecule has 4 nitrogen and oxygen atoms in total. The van der Waals surface area contributed by atoms with Gasteiger partial charge in [-0.15, -0.1) is 11.8 Å². The number of hydrogen-bond acceptors (Lipinski definition) is 5. The van der Waals surface area contributed by atoms with Crippen molar-refractivity contribution in [3.8, 4) is 0 Å². The molecule has 2 aromatic rings. The van der Waals surface area contributed by atoms with Gasteiger partial charge in [0.05, 0.1) is 16.5 Å². The molecule has 0 aliphatic carbocycles. The molecule has 1 amide bonds. The molecule has 1 aromatic carbocycles. The van der Waals surface area contributed by atoms with Crippen LogP contribution in [0, 0.1) is 6.92 Å². The number of thiazole rings is 1. The van der Waals surface area contributed by atoms with Crippen molar-refractivity contribution in [2.75, 3.05) is 18.7 Å². The number of methoxy groups -OCH3 is 1. The van der Waals surface area contributed by atoms with Crippen LogP contribution in [0.25, 0.3) is 0 Å². The number of rotatable bonds is 5. The lowest BCUT2D eigenvalue weighted by Gasteiger charge is -2.03. The van der Waals surface area contributed by atoms with Gasteiger partial charge in [-0.1, -0.05) is 23.5 Å². The minimum atomic E-state index is -0.143. The molecule has 2 rings (SSSR count). The number of benzene rings is 1. The van der Waals surface area contributed by atoms with Gasteiger partial charge >= 0.3 is 0 Å². The summed E-state index contributed by atoms with van der Waals surface area (Å²) in [6, 6.07) is 7.36. The Balaban J connectivity index is 2.07. The number of ether oxygens (including phenoxy) is 1. The van der Waals surface area contributed by atoms with E-state index in [1.807, 2.05) is 25.3 Å². The number of aryl methyl sites for hydroxylation is 1. The fourth-order valence-electron chi connectivity index (χ4n) is 1.71. The van der Waals surface area contributed by atoms with Crippen LogP contribution in [0.2, 0.25) is 0 Å². The van der Waals surface area contributed by atoms with Crippen LogP contribution >= 0.6 is 23.1 Å². The van der Waals surface area contributed by atoms with Crippen LogP contribution in [0.3, 0.4) is 0 Å². The van der Waals surface area contributed by atoms with Crippen LogP contribution in [0.5, 0.6) is 0 Å². The molecule has 1 heterocycles. The van der Waals surface area contributed by atoms with Crippen molar-refractivity contribution in [2.45, 2.75) is 17.7 Å². The number of nitrogens with zero attached hydrogens (tertiary/aromatic N) is 1. The SMILES string of the molecule is COCc1ccc(C(=O)Nc2nc(C)c(SC)s2)cc1. The molecule has 0 radical (unpaired) electrons. The summed E-state index contributed by atoms with van der Waals surface area (Å²) in [7, 11) is 1.65. The van der Waals surface area contributed by atoms with Crippen molar-refractivity contribution in [3.63, 3.8) is 0 Å². The third-order valence-electron chi connectivity index (χ3n) is 2.69. The smallest absolute Gasteiger partial charge is 0.257 e. The monoisotopic (exact) mass is 308 g/mol. The van der Waals surface area contributed by atoms with Crippen molar-refractivity contribution in [3.05, 3.63) is 41.1 Å². The van der Waals surface area contributed by atoms with Gasteiger partial charge in [0.1, 0.15) is 0 Å². The summed E-state index contributed by atoms with van der Waals surface area (Å²) in [5, 5.41) is 3.47. The minimum Gasteiger partial charge on any atom is -0.380 e. The number of amides is 1. The number of thioether (sulfide) groups is 1. The Morgan fingerprint density at radius 3 is 2.65 bits per heavy atom. The van der Waals surface area contributed by atoms with E-state index in [4.69, 9.17) is 4.74 Å². The highest BCUT2D eigenvalue weighted by Gasteiger charge is 2.11. The summed E-state index contributed by atoms with van der Waals surface area (Å²) < 4.78 is 6.16. The number of hydrogen-bond donors (Lipinski definition) is 1. The van der Waals surface area contributed by atoms with Crippen LogP contribution < -0.4 is 5.32 Å². The van der Waals surface area contributed by atoms with E-state index in [-0.39, 0.29) is 5.91 Å². The second kappa shape index (κ2) is 6.88. The Bertz CT molecular complexity index is 594. The second-order valence-corrected chi connectivity index (χ2v) is 6.25. The maximum Gasteiger partial charge on any atom is 0.257 e. The summed E-state index contributed by atoms with van der Waals surface area (Å²) in [4.78, 5) is 16.4. The maximum atomic E-state index is 12.1. The Kier molecular flexibility index (Phi) is 5.17. The second-order valence-electron chi connectivity index (χ2n) is 4.18. The molecule has 0 spiro atoms. The molecule has 0 aliphatic heterocycles. The average molecular weight is 308 g/mol. The zero-order valence-corrected chi connectivity index (χ0v) is 13.2. The highest BCUT2D eigenvalue weighted by molar-refractivity contribution is 8.00. The largest absolute Gasteiger partial charge is 0.380 e. The third kappa shape index (κ3) is 3.59. The molecule has 0 saturated carbocycles. The summed E-state index contributed by atoms with van der Waals surface area (Å²) in [5.41, 5.74) is 2.61. The quantitative estimate of drug-likeness (QED) is 0.858. The molecule has 0 bridgehead atoms. The Morgan fingerprint density at radius 1 is 1.40 bits per heavy atom. The van der Waals surface area contributed by atoms with E-state index >= 15 is 0 Å². The molecule has 0 saturated heterocycles. The van der Waals surface area contributed by atoms with Crippen LogP contribution in [0.4, 0.5) is 5.13 Å². The van der Waals surface area contributed by atoms with Crippen LogP contribution in [0.15, 0.2) is 28.5 Å². The van der Waals surface area contributed by atoms with Gasteiger partial charge in [0.15, 0.2) is 5.13 Å². The average Bonchev–Trinajstić information content (AvgIpc) is 2.80. The first kappa shape index (κ1) is 15.0. The van der Waals surface area contributed by atoms with Gasteiger partial charge in [0.25, 0.3) is 5.91 Å². The fourth-order valence-corrected chi connectivity index (χ4v) is 3.32. The standard InChI is InChI=1S/C14H16N2O2S2/c1-9-13(19-3)20-14(15-9)16-12(17)11-6-4-10(5-7-11)8-18-2/h4-7H,8H2,1-3H3,(H,15,16,17). The Hall–Kier alpha value is -1.37. The van der Waals surface area contributed by atoms with E-state index in [0.717, 1.165) is 15.5 Å². The molecule has 1 aromatic heterocycles. The van der Waals surface area contributed by atoms with E-state index in [2.05, 4.69) is 10.3 Å². The van der Waals surface area contributed by atoms with Crippen LogP contribution in [0.1, 0.15) is 21.6 Å². The zero-order valence-electron chi connectivity index (χ0n) is 11.6. The molecule has 6 heteroatoms. The Morgan fingerprint density at radius 2 is 2.10 bits per heavy atom. The lowest BCUT2D eigenvalue weighted by Crippen LogP contribution is -2.11. The van der Waals surface area contributed by atoms with Gasteiger partial charge in [0.2, 0.25) is 0 Å². The van der Waals surface area contributed by atoms with Gasteiger partial charge in [-0.2, -0.15) is 0 Å². The number of carbonyl (C=O) groups excluding carboxylic acids is 1. The molecule has 1 N–H and O–H groups in total. The summed E-state index contributed by atoms with van der Waals surface area (Å²) >= 11 is 3.13. The predicted molar refractivity (Wildman–Crippen MR) is 83.7 cm³/mol. The number of nitrogens with one attached hydrogen (secondary N) is 1. The lowest BCUT2D eigenvalue weighted by molar-refractivity contribution is 0.102. The van der Waals surface area contributed by atoms with Gasteiger partial charge in [0, 0.05) is 12.7 Å². The molecule has 0 aliphatic rings. The minimum absolute atomic E-state index is 0.143. The van der Waals surface area contributed by atoms with Gasteiger partial charge in [-0.05, 0) is 30.9 Å². The molecule has 20 heavy (non-hydrogen) atoms. The summed E-state index contributed by atoms with van der Waals surface area (Å²) in [5.74, 6) is -0.143. The Labute approximate surface area is 126 Å². The molecule has 0 fully saturated rings. The number of carbonyl (C=O) groups is 1. The van der Waals surface area contributed by atoms with E-state index in [1.54, 1.807) is 31.0 Å². The van der Waals surface area contributed by atoms with Gasteiger partial charge in [-0.3, -0.25) is 10.1 Å². The molecule has 0 unspecified atom stereocenters. The summed E-state index contributed by atoms with van der Waals surface area (Å²) in [6.45, 7) is 2.49. The van der Waals surface area contributed by atoms with Crippen LogP contribution in [-0.4, -0.2) is 24.3 Å². The third-order valence-corrected chi connectivity index (χ3v) is 4.97. The normalized spacial score (nSPS) is 10.6. The van der Waals surface area contributed by atoms with E-state index < -0.39 is 0 Å². The first-order chi connectivity index (χ1) is 9.63. The highest BCUT2D eigenvalue weighted by atomic mass is 32.2. The molecular weight excluding hydrogens is 292 g/mol. The number of anilines is 1. The zero-order chi connectivity index (χ0) is 14.5. The predicted octanol–water partition coefficient (Wildman–Crippen LogP) is 3.57. The van der Waals surface area contributed by atoms with E-state index in [1.165, 1.54) is 11.3 Å².